The van der Waals surface area contributed by atoms with E-state index < -0.39 is 0 Å². The Kier molecular flexibility index (Phi) is 6.58. The van der Waals surface area contributed by atoms with Gasteiger partial charge in [-0.05, 0) is 55.9 Å². The molecule has 1 heterocycles. The maximum absolute atomic E-state index is 13.0. The van der Waals surface area contributed by atoms with Gasteiger partial charge in [0.1, 0.15) is 5.82 Å². The van der Waals surface area contributed by atoms with E-state index in [-0.39, 0.29) is 17.9 Å². The van der Waals surface area contributed by atoms with Gasteiger partial charge in [0.2, 0.25) is 11.9 Å². The van der Waals surface area contributed by atoms with Gasteiger partial charge in [-0.1, -0.05) is 42.5 Å². The van der Waals surface area contributed by atoms with Crippen molar-refractivity contribution in [3.63, 3.8) is 0 Å². The molecule has 6 heteroatoms. The van der Waals surface area contributed by atoms with Gasteiger partial charge in [-0.25, -0.2) is 4.98 Å². The molecule has 1 amide bonds. The summed E-state index contributed by atoms with van der Waals surface area (Å²) >= 11 is 0. The number of amides is 1. The van der Waals surface area contributed by atoms with Gasteiger partial charge in [0, 0.05) is 37.8 Å². The van der Waals surface area contributed by atoms with E-state index in [2.05, 4.69) is 57.9 Å². The fraction of sp³-hybridized carbons (Fsp3) is 0.423. The summed E-state index contributed by atoms with van der Waals surface area (Å²) < 4.78 is 0. The monoisotopic (exact) mass is 431 g/mol. The predicted octanol–water partition coefficient (Wildman–Crippen LogP) is 4.85. The predicted molar refractivity (Wildman–Crippen MR) is 131 cm³/mol. The van der Waals surface area contributed by atoms with E-state index in [0.717, 1.165) is 37.1 Å². The summed E-state index contributed by atoms with van der Waals surface area (Å²) in [5.41, 5.74) is 2.22. The van der Waals surface area contributed by atoms with Crippen LogP contribution in [0.15, 0.2) is 48.7 Å². The molecule has 4 rings (SSSR count). The lowest BCUT2D eigenvalue weighted by Crippen LogP contribution is -2.37. The van der Waals surface area contributed by atoms with Gasteiger partial charge in [-0.3, -0.25) is 4.79 Å². The van der Waals surface area contributed by atoms with Crippen LogP contribution in [0, 0.1) is 12.8 Å². The second kappa shape index (κ2) is 9.55. The number of carbonyl (C=O) groups excluding carboxylic acids is 1. The Morgan fingerprint density at radius 3 is 2.53 bits per heavy atom. The molecule has 6 nitrogen and oxygen atoms in total. The Labute approximate surface area is 190 Å². The SMILES string of the molecule is Cc1cnc(NC2CCC(C(=O)N[C@@H](C)c3cccc4ccccc34)CC2)nc1N(C)C. The Morgan fingerprint density at radius 2 is 1.78 bits per heavy atom. The Bertz CT molecular complexity index is 1080. The highest BCUT2D eigenvalue weighted by molar-refractivity contribution is 5.87. The number of anilines is 2. The molecule has 0 unspecified atom stereocenters. The lowest BCUT2D eigenvalue weighted by molar-refractivity contribution is -0.126. The maximum Gasteiger partial charge on any atom is 0.224 e. The van der Waals surface area contributed by atoms with Crippen LogP contribution in [0.1, 0.15) is 49.8 Å². The van der Waals surface area contributed by atoms with Crippen molar-refractivity contribution in [2.24, 2.45) is 5.92 Å². The molecule has 3 aromatic rings. The van der Waals surface area contributed by atoms with Crippen LogP contribution in [0.3, 0.4) is 0 Å². The largest absolute Gasteiger partial charge is 0.362 e. The van der Waals surface area contributed by atoms with Crippen molar-refractivity contribution < 1.29 is 4.79 Å². The number of rotatable bonds is 6. The standard InChI is InChI=1S/C26H33N5O/c1-17-16-27-26(30-24(17)31(3)4)29-21-14-12-20(13-15-21)25(32)28-18(2)22-11-7-9-19-8-5-6-10-23(19)22/h5-11,16,18,20-21H,12-15H2,1-4H3,(H,28,32)(H,27,29,30)/t18-,20?,21?/m0/s1. The Morgan fingerprint density at radius 1 is 1.06 bits per heavy atom. The smallest absolute Gasteiger partial charge is 0.224 e. The molecule has 1 aliphatic carbocycles. The number of carbonyl (C=O) groups is 1. The molecule has 0 bridgehead atoms. The molecule has 1 aliphatic rings. The highest BCUT2D eigenvalue weighted by Crippen LogP contribution is 2.29. The summed E-state index contributed by atoms with van der Waals surface area (Å²) in [5, 5.41) is 9.13. The lowest BCUT2D eigenvalue weighted by Gasteiger charge is -2.29. The van der Waals surface area contributed by atoms with Crippen molar-refractivity contribution in [3.8, 4) is 0 Å². The van der Waals surface area contributed by atoms with Crippen LogP contribution in [0.25, 0.3) is 10.8 Å². The lowest BCUT2D eigenvalue weighted by atomic mass is 9.85. The first kappa shape index (κ1) is 22.1. The quantitative estimate of drug-likeness (QED) is 0.584. The van der Waals surface area contributed by atoms with Gasteiger partial charge < -0.3 is 15.5 Å². The number of nitrogens with zero attached hydrogens (tertiary/aromatic N) is 3. The zero-order valence-electron chi connectivity index (χ0n) is 19.4. The van der Waals surface area contributed by atoms with E-state index in [1.165, 1.54) is 16.3 Å². The number of benzene rings is 2. The Hall–Kier alpha value is -3.15. The van der Waals surface area contributed by atoms with Crippen LogP contribution >= 0.6 is 0 Å². The van der Waals surface area contributed by atoms with Gasteiger partial charge in [-0.2, -0.15) is 4.98 Å². The molecule has 1 atom stereocenters. The zero-order chi connectivity index (χ0) is 22.7. The fourth-order valence-electron chi connectivity index (χ4n) is 4.67. The maximum atomic E-state index is 13.0. The summed E-state index contributed by atoms with van der Waals surface area (Å²) in [6.45, 7) is 4.09. The molecule has 0 spiro atoms. The van der Waals surface area contributed by atoms with Crippen molar-refractivity contribution in [3.05, 3.63) is 59.8 Å². The third kappa shape index (κ3) is 4.85. The van der Waals surface area contributed by atoms with Gasteiger partial charge in [0.15, 0.2) is 0 Å². The molecule has 168 valence electrons. The molecular weight excluding hydrogens is 398 g/mol. The van der Waals surface area contributed by atoms with E-state index in [1.54, 1.807) is 0 Å². The van der Waals surface area contributed by atoms with E-state index in [4.69, 9.17) is 0 Å². The van der Waals surface area contributed by atoms with Crippen molar-refractivity contribution in [2.45, 2.75) is 51.6 Å². The van der Waals surface area contributed by atoms with Crippen LogP contribution in [0.5, 0.6) is 0 Å². The van der Waals surface area contributed by atoms with Gasteiger partial charge in [-0.15, -0.1) is 0 Å². The number of nitrogens with one attached hydrogen (secondary N) is 2. The number of fused-ring (bicyclic) bond motifs is 1. The van der Waals surface area contributed by atoms with Crippen LogP contribution in [0.2, 0.25) is 0 Å². The molecule has 0 radical (unpaired) electrons. The van der Waals surface area contributed by atoms with Crippen LogP contribution in [-0.2, 0) is 4.79 Å². The number of hydrogen-bond acceptors (Lipinski definition) is 5. The fourth-order valence-corrected chi connectivity index (χ4v) is 4.67. The molecule has 2 aromatic carbocycles. The minimum Gasteiger partial charge on any atom is -0.362 e. The topological polar surface area (TPSA) is 70.1 Å². The number of aromatic nitrogens is 2. The van der Waals surface area contributed by atoms with Crippen molar-refractivity contribution in [1.82, 2.24) is 15.3 Å². The summed E-state index contributed by atoms with van der Waals surface area (Å²) in [4.78, 5) is 24.1. The molecular formula is C26H33N5O. The second-order valence-corrected chi connectivity index (χ2v) is 9.09. The molecule has 32 heavy (non-hydrogen) atoms. The zero-order valence-corrected chi connectivity index (χ0v) is 19.4. The highest BCUT2D eigenvalue weighted by atomic mass is 16.1. The molecule has 1 aromatic heterocycles. The third-order valence-corrected chi connectivity index (χ3v) is 6.45. The highest BCUT2D eigenvalue weighted by Gasteiger charge is 2.28. The van der Waals surface area contributed by atoms with Crippen LogP contribution in [0.4, 0.5) is 11.8 Å². The summed E-state index contributed by atoms with van der Waals surface area (Å²) in [6.07, 6.45) is 5.49. The first-order chi connectivity index (χ1) is 15.4. The molecule has 0 saturated heterocycles. The van der Waals surface area contributed by atoms with Crippen molar-refractivity contribution in [2.75, 3.05) is 24.3 Å². The van der Waals surface area contributed by atoms with E-state index >= 15 is 0 Å². The number of aryl methyl sites for hydroxylation is 1. The third-order valence-electron chi connectivity index (χ3n) is 6.45. The first-order valence-electron chi connectivity index (χ1n) is 11.5. The minimum absolute atomic E-state index is 0.0186. The van der Waals surface area contributed by atoms with Gasteiger partial charge in [0.05, 0.1) is 6.04 Å². The summed E-state index contributed by atoms with van der Waals surface area (Å²) in [7, 11) is 3.98. The van der Waals surface area contributed by atoms with E-state index in [9.17, 15) is 4.79 Å². The minimum atomic E-state index is -0.0186. The van der Waals surface area contributed by atoms with Crippen LogP contribution in [-0.4, -0.2) is 36.0 Å². The van der Waals surface area contributed by atoms with E-state index in [1.807, 2.05) is 44.2 Å². The molecule has 1 fully saturated rings. The van der Waals surface area contributed by atoms with Crippen molar-refractivity contribution >= 4 is 28.4 Å². The summed E-state index contributed by atoms with van der Waals surface area (Å²) in [5.74, 6) is 1.81. The average Bonchev–Trinajstić information content (AvgIpc) is 2.80. The molecule has 1 saturated carbocycles. The Balaban J connectivity index is 1.33. The number of hydrogen-bond donors (Lipinski definition) is 2. The molecule has 2 N–H and O–H groups in total. The molecule has 0 aliphatic heterocycles. The van der Waals surface area contributed by atoms with Gasteiger partial charge in [0.25, 0.3) is 0 Å². The second-order valence-electron chi connectivity index (χ2n) is 9.09. The average molecular weight is 432 g/mol. The van der Waals surface area contributed by atoms with E-state index in [0.29, 0.717) is 12.0 Å². The van der Waals surface area contributed by atoms with Crippen LogP contribution < -0.4 is 15.5 Å². The first-order valence-corrected chi connectivity index (χ1v) is 11.5. The van der Waals surface area contributed by atoms with Crippen molar-refractivity contribution in [1.29, 1.82) is 0 Å². The normalized spacial score (nSPS) is 19.4. The summed E-state index contributed by atoms with van der Waals surface area (Å²) in [6, 6.07) is 14.9. The van der Waals surface area contributed by atoms with Gasteiger partial charge >= 0.3 is 0 Å².